The minimum Gasteiger partial charge on any atom is -0.474 e. The van der Waals surface area contributed by atoms with E-state index in [9.17, 15) is 4.39 Å². The van der Waals surface area contributed by atoms with Gasteiger partial charge in [0.1, 0.15) is 23.6 Å². The molecule has 2 aliphatic rings. The largest absolute Gasteiger partial charge is 0.474 e. The van der Waals surface area contributed by atoms with Gasteiger partial charge in [-0.1, -0.05) is 6.07 Å². The molecule has 2 aromatic heterocycles. The van der Waals surface area contributed by atoms with E-state index < -0.39 is 0 Å². The summed E-state index contributed by atoms with van der Waals surface area (Å²) in [5.41, 5.74) is 1.91. The van der Waals surface area contributed by atoms with Crippen molar-refractivity contribution in [1.82, 2.24) is 19.7 Å². The van der Waals surface area contributed by atoms with E-state index in [0.29, 0.717) is 24.6 Å². The highest BCUT2D eigenvalue weighted by Gasteiger charge is 2.31. The molecule has 0 radical (unpaired) electrons. The molecule has 5 rings (SSSR count). The molecule has 0 bridgehead atoms. The first-order valence-corrected chi connectivity index (χ1v) is 10.5. The van der Waals surface area contributed by atoms with Crippen molar-refractivity contribution in [3.8, 4) is 11.6 Å². The van der Waals surface area contributed by atoms with Crippen LogP contribution in [0.15, 0.2) is 42.6 Å². The number of hydrogen-bond donors (Lipinski definition) is 0. The quantitative estimate of drug-likeness (QED) is 0.653. The summed E-state index contributed by atoms with van der Waals surface area (Å²) in [6, 6.07) is 10.7. The Bertz CT molecular complexity index is 1020. The Labute approximate surface area is 175 Å². The molecule has 30 heavy (non-hydrogen) atoms. The Hall–Kier alpha value is -2.80. The summed E-state index contributed by atoms with van der Waals surface area (Å²) in [7, 11) is 1.69. The fraction of sp³-hybridized carbons (Fsp3) is 0.435. The van der Waals surface area contributed by atoms with Crippen LogP contribution in [-0.2, 0) is 17.6 Å². The molecule has 0 spiro atoms. The molecular weight excluding hydrogens is 383 g/mol. The normalized spacial score (nSPS) is 23.3. The van der Waals surface area contributed by atoms with Crippen molar-refractivity contribution in [3.63, 3.8) is 0 Å². The number of rotatable bonds is 4. The van der Waals surface area contributed by atoms with Gasteiger partial charge in [0.25, 0.3) is 0 Å². The second-order valence-corrected chi connectivity index (χ2v) is 8.11. The highest BCUT2D eigenvalue weighted by molar-refractivity contribution is 5.45. The molecule has 1 fully saturated rings. The van der Waals surface area contributed by atoms with Crippen LogP contribution in [0.3, 0.4) is 0 Å². The Morgan fingerprint density at radius 3 is 2.63 bits per heavy atom. The maximum atomic E-state index is 13.9. The first-order valence-electron chi connectivity index (χ1n) is 10.5. The number of halogens is 1. The van der Waals surface area contributed by atoms with Gasteiger partial charge >= 0.3 is 0 Å². The molecule has 0 N–H and O–H groups in total. The Kier molecular flexibility index (Phi) is 5.21. The topological polar surface area (TPSA) is 62.1 Å². The van der Waals surface area contributed by atoms with Crippen LogP contribution in [0.2, 0.25) is 0 Å². The van der Waals surface area contributed by atoms with Gasteiger partial charge in [0.05, 0.1) is 11.8 Å². The predicted octanol–water partition coefficient (Wildman–Crippen LogP) is 4.02. The van der Waals surface area contributed by atoms with Crippen LogP contribution in [0.4, 0.5) is 4.39 Å². The monoisotopic (exact) mass is 408 g/mol. The molecule has 1 aliphatic heterocycles. The second kappa shape index (κ2) is 8.14. The maximum Gasteiger partial charge on any atom is 0.213 e. The van der Waals surface area contributed by atoms with Crippen molar-refractivity contribution >= 4 is 0 Å². The van der Waals surface area contributed by atoms with Crippen LogP contribution in [0.25, 0.3) is 5.69 Å². The number of pyridine rings is 1. The lowest BCUT2D eigenvalue weighted by atomic mass is 9.86. The van der Waals surface area contributed by atoms with Crippen molar-refractivity contribution in [2.45, 2.75) is 56.7 Å². The summed E-state index contributed by atoms with van der Waals surface area (Å²) in [6.45, 7) is 0. The molecule has 1 saturated carbocycles. The first-order chi connectivity index (χ1) is 14.7. The zero-order valence-corrected chi connectivity index (χ0v) is 17.0. The van der Waals surface area contributed by atoms with E-state index >= 15 is 0 Å². The Morgan fingerprint density at radius 1 is 1.00 bits per heavy atom. The van der Waals surface area contributed by atoms with E-state index in [0.717, 1.165) is 48.6 Å². The van der Waals surface area contributed by atoms with Crippen LogP contribution >= 0.6 is 0 Å². The number of benzene rings is 1. The van der Waals surface area contributed by atoms with Crippen LogP contribution in [0.5, 0.6) is 5.88 Å². The average molecular weight is 408 g/mol. The Morgan fingerprint density at radius 2 is 1.87 bits per heavy atom. The van der Waals surface area contributed by atoms with E-state index in [1.54, 1.807) is 19.4 Å². The van der Waals surface area contributed by atoms with Gasteiger partial charge in [-0.2, -0.15) is 0 Å². The third kappa shape index (κ3) is 3.69. The third-order valence-electron chi connectivity index (χ3n) is 6.19. The highest BCUT2D eigenvalue weighted by atomic mass is 19.1. The van der Waals surface area contributed by atoms with Crippen LogP contribution < -0.4 is 4.74 Å². The van der Waals surface area contributed by atoms with E-state index in [-0.39, 0.29) is 18.0 Å². The molecule has 6 nitrogen and oxygen atoms in total. The smallest absolute Gasteiger partial charge is 0.213 e. The molecule has 1 atom stereocenters. The molecule has 1 aliphatic carbocycles. The van der Waals surface area contributed by atoms with Gasteiger partial charge in [0.15, 0.2) is 0 Å². The lowest BCUT2D eigenvalue weighted by Crippen LogP contribution is -2.25. The van der Waals surface area contributed by atoms with Gasteiger partial charge in [0.2, 0.25) is 5.88 Å². The summed E-state index contributed by atoms with van der Waals surface area (Å²) in [5.74, 6) is 2.60. The number of nitrogens with zero attached hydrogens (tertiary/aromatic N) is 4. The molecule has 0 unspecified atom stereocenters. The third-order valence-corrected chi connectivity index (χ3v) is 6.19. The van der Waals surface area contributed by atoms with Crippen molar-refractivity contribution in [3.05, 3.63) is 65.6 Å². The molecule has 0 saturated heterocycles. The second-order valence-electron chi connectivity index (χ2n) is 8.11. The predicted molar refractivity (Wildman–Crippen MR) is 109 cm³/mol. The highest BCUT2D eigenvalue weighted by Crippen LogP contribution is 2.36. The van der Waals surface area contributed by atoms with Crippen molar-refractivity contribution in [2.75, 3.05) is 7.11 Å². The summed E-state index contributed by atoms with van der Waals surface area (Å²) in [5, 5.41) is 9.07. The first kappa shape index (κ1) is 19.2. The fourth-order valence-electron chi connectivity index (χ4n) is 4.64. The zero-order chi connectivity index (χ0) is 20.5. The molecule has 3 aromatic rings. The number of aromatic nitrogens is 4. The summed E-state index contributed by atoms with van der Waals surface area (Å²) in [4.78, 5) is 4.27. The van der Waals surface area contributed by atoms with Gasteiger partial charge < -0.3 is 9.47 Å². The molecule has 0 amide bonds. The minimum absolute atomic E-state index is 0.0358. The van der Waals surface area contributed by atoms with E-state index in [4.69, 9.17) is 9.47 Å². The van der Waals surface area contributed by atoms with Crippen LogP contribution in [0, 0.1) is 5.82 Å². The number of fused-ring (bicyclic) bond motifs is 3. The van der Waals surface area contributed by atoms with Gasteiger partial charge in [-0.25, -0.2) is 9.37 Å². The molecule has 1 aromatic carbocycles. The maximum absolute atomic E-state index is 13.9. The van der Waals surface area contributed by atoms with Gasteiger partial charge in [0, 0.05) is 38.1 Å². The van der Waals surface area contributed by atoms with Gasteiger partial charge in [-0.15, -0.1) is 10.2 Å². The van der Waals surface area contributed by atoms with Crippen molar-refractivity contribution < 1.29 is 13.9 Å². The Balaban J connectivity index is 1.39. The molecular formula is C23H25FN4O2. The van der Waals surface area contributed by atoms with E-state index in [2.05, 4.69) is 19.7 Å². The standard InChI is InChI=1S/C23H25FN4O2/c1-29-19-13-16-12-17(24)7-10-20(16)28-21(14-19)26-27-23(28)15-5-8-18(9-6-15)30-22-4-2-3-11-25-22/h2-4,7,10-12,15,18-19H,5-6,8-9,13-14H2,1H3/t15-,18-,19-/m1/s1. The minimum atomic E-state index is -0.228. The number of ether oxygens (including phenoxy) is 2. The molecule has 156 valence electrons. The zero-order valence-electron chi connectivity index (χ0n) is 17.0. The lowest BCUT2D eigenvalue weighted by Gasteiger charge is -2.28. The number of methoxy groups -OCH3 is 1. The van der Waals surface area contributed by atoms with Crippen molar-refractivity contribution in [2.24, 2.45) is 0 Å². The van der Waals surface area contributed by atoms with Gasteiger partial charge in [-0.3, -0.25) is 4.57 Å². The molecule has 3 heterocycles. The van der Waals surface area contributed by atoms with Crippen LogP contribution in [-0.4, -0.2) is 39.1 Å². The average Bonchev–Trinajstić information content (AvgIpc) is 3.11. The van der Waals surface area contributed by atoms with Crippen LogP contribution in [0.1, 0.15) is 48.8 Å². The fourth-order valence-corrected chi connectivity index (χ4v) is 4.64. The summed E-state index contributed by atoms with van der Waals surface area (Å²) >= 11 is 0. The van der Waals surface area contributed by atoms with E-state index in [1.165, 1.54) is 6.07 Å². The number of hydrogen-bond acceptors (Lipinski definition) is 5. The van der Waals surface area contributed by atoms with Gasteiger partial charge in [-0.05, 0) is 55.5 Å². The summed E-state index contributed by atoms with van der Waals surface area (Å²) < 4.78 is 27.7. The summed E-state index contributed by atoms with van der Waals surface area (Å²) in [6.07, 6.45) is 7.04. The SMILES string of the molecule is CO[C@@H]1Cc2cc(F)ccc2-n2c(nnc2[C@H]2CC[C@H](Oc3ccccn3)CC2)C1. The lowest BCUT2D eigenvalue weighted by molar-refractivity contribution is 0.102. The van der Waals surface area contributed by atoms with E-state index in [1.807, 2.05) is 24.3 Å². The molecule has 7 heteroatoms. The van der Waals surface area contributed by atoms with Crippen molar-refractivity contribution in [1.29, 1.82) is 0 Å².